The van der Waals surface area contributed by atoms with Gasteiger partial charge in [-0.15, -0.1) is 0 Å². The van der Waals surface area contributed by atoms with Crippen molar-refractivity contribution >= 4 is 5.97 Å². The molecular weight excluding hydrogens is 208 g/mol. The molecule has 4 atom stereocenters. The molecule has 4 heteroatoms. The van der Waals surface area contributed by atoms with E-state index in [1.165, 1.54) is 0 Å². The van der Waals surface area contributed by atoms with E-state index in [1.54, 1.807) is 0 Å². The second kappa shape index (κ2) is 6.21. The van der Waals surface area contributed by atoms with Gasteiger partial charge in [0, 0.05) is 5.92 Å². The van der Waals surface area contributed by atoms with E-state index in [-0.39, 0.29) is 30.5 Å². The summed E-state index contributed by atoms with van der Waals surface area (Å²) in [5.74, 6) is -0.317. The summed E-state index contributed by atoms with van der Waals surface area (Å²) in [5, 5.41) is 19.0. The van der Waals surface area contributed by atoms with Crippen molar-refractivity contribution in [2.75, 3.05) is 0 Å². The highest BCUT2D eigenvalue weighted by atomic mass is 16.5. The number of aliphatic hydroxyl groups excluding tert-OH is 2. The molecule has 1 aliphatic rings. The Bertz CT molecular complexity index is 229. The van der Waals surface area contributed by atoms with Gasteiger partial charge in [0.25, 0.3) is 0 Å². The molecule has 0 aromatic rings. The Labute approximate surface area is 96.6 Å². The largest absolute Gasteiger partial charge is 0.462 e. The van der Waals surface area contributed by atoms with Crippen LogP contribution in [0.4, 0.5) is 0 Å². The Hall–Kier alpha value is -0.610. The van der Waals surface area contributed by atoms with E-state index in [9.17, 15) is 15.0 Å². The van der Waals surface area contributed by atoms with Gasteiger partial charge < -0.3 is 14.9 Å². The smallest absolute Gasteiger partial charge is 0.308 e. The molecular formula is C12H22O4. The Morgan fingerprint density at radius 2 is 2.25 bits per heavy atom. The van der Waals surface area contributed by atoms with Crippen molar-refractivity contribution in [3.8, 4) is 0 Å². The van der Waals surface area contributed by atoms with Gasteiger partial charge in [-0.25, -0.2) is 0 Å². The van der Waals surface area contributed by atoms with Crippen molar-refractivity contribution in [3.05, 3.63) is 0 Å². The first-order valence-electron chi connectivity index (χ1n) is 6.10. The molecule has 2 N–H and O–H groups in total. The number of ether oxygens (including phenoxy) is 1. The van der Waals surface area contributed by atoms with Crippen LogP contribution in [0.15, 0.2) is 0 Å². The summed E-state index contributed by atoms with van der Waals surface area (Å²) in [7, 11) is 0. The van der Waals surface area contributed by atoms with Gasteiger partial charge in [-0.2, -0.15) is 0 Å². The maximum Gasteiger partial charge on any atom is 0.308 e. The van der Waals surface area contributed by atoms with Gasteiger partial charge in [0.1, 0.15) is 6.10 Å². The molecule has 4 nitrogen and oxygen atoms in total. The Balaban J connectivity index is 2.32. The Morgan fingerprint density at radius 1 is 1.56 bits per heavy atom. The molecule has 1 fully saturated rings. The number of hydrogen-bond acceptors (Lipinski definition) is 4. The van der Waals surface area contributed by atoms with Gasteiger partial charge in [-0.05, 0) is 25.7 Å². The van der Waals surface area contributed by atoms with Crippen molar-refractivity contribution in [2.45, 2.75) is 64.3 Å². The highest BCUT2D eigenvalue weighted by Gasteiger charge is 2.34. The average molecular weight is 230 g/mol. The fraction of sp³-hybridized carbons (Fsp3) is 0.917. The third-order valence-electron chi connectivity index (χ3n) is 3.35. The SMILES string of the molecule is CCC(O)CCCC1OC(=O)CC(O)C1C. The number of hydrogen-bond donors (Lipinski definition) is 2. The van der Waals surface area contributed by atoms with Crippen LogP contribution in [-0.2, 0) is 9.53 Å². The minimum Gasteiger partial charge on any atom is -0.462 e. The first-order chi connectivity index (χ1) is 7.54. The zero-order valence-electron chi connectivity index (χ0n) is 10.1. The average Bonchev–Trinajstić information content (AvgIpc) is 2.24. The van der Waals surface area contributed by atoms with Crippen molar-refractivity contribution in [1.29, 1.82) is 0 Å². The number of carbonyl (C=O) groups excluding carboxylic acids is 1. The fourth-order valence-electron chi connectivity index (χ4n) is 2.01. The second-order valence-corrected chi connectivity index (χ2v) is 4.65. The molecule has 1 heterocycles. The third kappa shape index (κ3) is 3.76. The van der Waals surface area contributed by atoms with Crippen molar-refractivity contribution in [2.24, 2.45) is 5.92 Å². The van der Waals surface area contributed by atoms with E-state index in [0.717, 1.165) is 25.7 Å². The maximum absolute atomic E-state index is 11.2. The van der Waals surface area contributed by atoms with Crippen LogP contribution >= 0.6 is 0 Å². The normalized spacial score (nSPS) is 32.2. The van der Waals surface area contributed by atoms with Gasteiger partial charge in [0.05, 0.1) is 18.6 Å². The summed E-state index contributed by atoms with van der Waals surface area (Å²) in [6.07, 6.45) is 2.10. The van der Waals surface area contributed by atoms with Crippen LogP contribution < -0.4 is 0 Å². The quantitative estimate of drug-likeness (QED) is 0.697. The highest BCUT2D eigenvalue weighted by molar-refractivity contribution is 5.71. The lowest BCUT2D eigenvalue weighted by atomic mass is 9.89. The molecule has 0 amide bonds. The van der Waals surface area contributed by atoms with Gasteiger partial charge in [-0.1, -0.05) is 13.8 Å². The zero-order chi connectivity index (χ0) is 12.1. The van der Waals surface area contributed by atoms with E-state index in [2.05, 4.69) is 0 Å². The molecule has 0 bridgehead atoms. The lowest BCUT2D eigenvalue weighted by Crippen LogP contribution is -2.40. The summed E-state index contributed by atoms with van der Waals surface area (Å²) in [6, 6.07) is 0. The Kier molecular flexibility index (Phi) is 5.22. The second-order valence-electron chi connectivity index (χ2n) is 4.65. The molecule has 0 aliphatic carbocycles. The molecule has 0 radical (unpaired) electrons. The molecule has 0 aromatic carbocycles. The molecule has 4 unspecified atom stereocenters. The van der Waals surface area contributed by atoms with Gasteiger partial charge >= 0.3 is 5.97 Å². The van der Waals surface area contributed by atoms with Crippen LogP contribution in [0.25, 0.3) is 0 Å². The fourth-order valence-corrected chi connectivity index (χ4v) is 2.01. The minimum atomic E-state index is -0.581. The lowest BCUT2D eigenvalue weighted by molar-refractivity contribution is -0.167. The van der Waals surface area contributed by atoms with Crippen molar-refractivity contribution in [1.82, 2.24) is 0 Å². The molecule has 1 saturated heterocycles. The first-order valence-corrected chi connectivity index (χ1v) is 6.10. The first kappa shape index (κ1) is 13.5. The van der Waals surface area contributed by atoms with E-state index < -0.39 is 6.10 Å². The van der Waals surface area contributed by atoms with Crippen LogP contribution in [0.1, 0.15) is 46.0 Å². The number of aliphatic hydroxyl groups is 2. The van der Waals surface area contributed by atoms with Gasteiger partial charge in [0.15, 0.2) is 0 Å². The van der Waals surface area contributed by atoms with Crippen LogP contribution in [0, 0.1) is 5.92 Å². The van der Waals surface area contributed by atoms with Crippen molar-refractivity contribution in [3.63, 3.8) is 0 Å². The summed E-state index contributed by atoms with van der Waals surface area (Å²) >= 11 is 0. The summed E-state index contributed by atoms with van der Waals surface area (Å²) < 4.78 is 5.20. The molecule has 1 aliphatic heterocycles. The molecule has 16 heavy (non-hydrogen) atoms. The lowest BCUT2D eigenvalue weighted by Gasteiger charge is -2.32. The number of esters is 1. The van der Waals surface area contributed by atoms with Crippen LogP contribution in [-0.4, -0.2) is 34.5 Å². The van der Waals surface area contributed by atoms with Crippen LogP contribution in [0.5, 0.6) is 0 Å². The van der Waals surface area contributed by atoms with Gasteiger partial charge in [-0.3, -0.25) is 4.79 Å². The predicted molar refractivity (Wildman–Crippen MR) is 59.8 cm³/mol. The van der Waals surface area contributed by atoms with Crippen LogP contribution in [0.2, 0.25) is 0 Å². The van der Waals surface area contributed by atoms with E-state index >= 15 is 0 Å². The maximum atomic E-state index is 11.2. The molecule has 0 aromatic heterocycles. The third-order valence-corrected chi connectivity index (χ3v) is 3.35. The predicted octanol–water partition coefficient (Wildman–Crippen LogP) is 1.24. The van der Waals surface area contributed by atoms with E-state index in [0.29, 0.717) is 0 Å². The number of carbonyl (C=O) groups is 1. The molecule has 0 spiro atoms. The van der Waals surface area contributed by atoms with E-state index in [4.69, 9.17) is 4.74 Å². The van der Waals surface area contributed by atoms with Gasteiger partial charge in [0.2, 0.25) is 0 Å². The topological polar surface area (TPSA) is 66.8 Å². The summed E-state index contributed by atoms with van der Waals surface area (Å²) in [6.45, 7) is 3.84. The zero-order valence-corrected chi connectivity index (χ0v) is 10.1. The summed E-state index contributed by atoms with van der Waals surface area (Å²) in [4.78, 5) is 11.2. The van der Waals surface area contributed by atoms with Crippen LogP contribution in [0.3, 0.4) is 0 Å². The standard InChI is InChI=1S/C12H22O4/c1-3-9(13)5-4-6-11-8(2)10(14)7-12(15)16-11/h8-11,13-14H,3-7H2,1-2H3. The van der Waals surface area contributed by atoms with E-state index in [1.807, 2.05) is 13.8 Å². The number of rotatable bonds is 5. The molecule has 0 saturated carbocycles. The summed E-state index contributed by atoms with van der Waals surface area (Å²) in [5.41, 5.74) is 0. The minimum absolute atomic E-state index is 0.00327. The monoisotopic (exact) mass is 230 g/mol. The molecule has 94 valence electrons. The number of cyclic esters (lactones) is 1. The van der Waals surface area contributed by atoms with Crippen molar-refractivity contribution < 1.29 is 19.7 Å². The Morgan fingerprint density at radius 3 is 2.88 bits per heavy atom. The highest BCUT2D eigenvalue weighted by Crippen LogP contribution is 2.25. The molecule has 1 rings (SSSR count).